The molecule has 1 aliphatic carbocycles. The van der Waals surface area contributed by atoms with E-state index >= 15 is 0 Å². The molecule has 0 aliphatic heterocycles. The first kappa shape index (κ1) is 12.1. The molecule has 0 heterocycles. The highest BCUT2D eigenvalue weighted by molar-refractivity contribution is 5.85. The Morgan fingerprint density at radius 2 is 1.88 bits per heavy atom. The van der Waals surface area contributed by atoms with Crippen molar-refractivity contribution in [2.45, 2.75) is 32.7 Å². The SMILES string of the molecule is Cc1cc(C)cc(CC(=O)C2C=CC(N)C2)c1. The van der Waals surface area contributed by atoms with Crippen molar-refractivity contribution in [1.29, 1.82) is 0 Å². The molecule has 2 rings (SSSR count). The average Bonchev–Trinajstić information content (AvgIpc) is 2.63. The highest BCUT2D eigenvalue weighted by atomic mass is 16.1. The molecule has 0 radical (unpaired) electrons. The summed E-state index contributed by atoms with van der Waals surface area (Å²) in [7, 11) is 0. The quantitative estimate of drug-likeness (QED) is 0.808. The Labute approximate surface area is 103 Å². The zero-order valence-corrected chi connectivity index (χ0v) is 10.4. The lowest BCUT2D eigenvalue weighted by molar-refractivity contribution is -0.120. The molecule has 0 fully saturated rings. The van der Waals surface area contributed by atoms with E-state index in [1.807, 2.05) is 12.2 Å². The van der Waals surface area contributed by atoms with Crippen molar-refractivity contribution in [3.05, 3.63) is 47.0 Å². The van der Waals surface area contributed by atoms with Crippen LogP contribution in [0.4, 0.5) is 0 Å². The van der Waals surface area contributed by atoms with Crippen LogP contribution >= 0.6 is 0 Å². The number of nitrogens with two attached hydrogens (primary N) is 1. The summed E-state index contributed by atoms with van der Waals surface area (Å²) in [5.74, 6) is 0.296. The summed E-state index contributed by atoms with van der Waals surface area (Å²) in [4.78, 5) is 12.1. The number of rotatable bonds is 3. The molecule has 0 bridgehead atoms. The maximum absolute atomic E-state index is 12.1. The Balaban J connectivity index is 2.05. The third-order valence-electron chi connectivity index (χ3n) is 3.19. The molecule has 2 N–H and O–H groups in total. The van der Waals surface area contributed by atoms with Gasteiger partial charge in [-0.15, -0.1) is 0 Å². The van der Waals surface area contributed by atoms with Gasteiger partial charge in [-0.3, -0.25) is 4.79 Å². The molecular weight excluding hydrogens is 210 g/mol. The third kappa shape index (κ3) is 3.04. The Morgan fingerprint density at radius 3 is 2.41 bits per heavy atom. The molecule has 90 valence electrons. The van der Waals surface area contributed by atoms with Gasteiger partial charge in [0.25, 0.3) is 0 Å². The van der Waals surface area contributed by atoms with Crippen LogP contribution in [-0.2, 0) is 11.2 Å². The maximum atomic E-state index is 12.1. The van der Waals surface area contributed by atoms with Crippen LogP contribution in [0.25, 0.3) is 0 Å². The van der Waals surface area contributed by atoms with E-state index in [4.69, 9.17) is 5.73 Å². The standard InChI is InChI=1S/C15H19NO/c1-10-5-11(2)7-12(6-10)8-15(17)13-3-4-14(16)9-13/h3-7,13-14H,8-9,16H2,1-2H3. The van der Waals surface area contributed by atoms with Crippen LogP contribution in [0.3, 0.4) is 0 Å². The Bertz CT molecular complexity index is 442. The van der Waals surface area contributed by atoms with E-state index in [9.17, 15) is 4.79 Å². The van der Waals surface area contributed by atoms with Crippen LogP contribution < -0.4 is 5.73 Å². The summed E-state index contributed by atoms with van der Waals surface area (Å²) in [6.07, 6.45) is 5.17. The second-order valence-corrected chi connectivity index (χ2v) is 5.03. The lowest BCUT2D eigenvalue weighted by Crippen LogP contribution is -2.20. The van der Waals surface area contributed by atoms with Gasteiger partial charge in [0, 0.05) is 18.4 Å². The number of allylic oxidation sites excluding steroid dienone is 1. The van der Waals surface area contributed by atoms with Crippen LogP contribution in [0.2, 0.25) is 0 Å². The summed E-state index contributed by atoms with van der Waals surface area (Å²) < 4.78 is 0. The molecule has 1 aliphatic rings. The van der Waals surface area contributed by atoms with Crippen LogP contribution in [0.15, 0.2) is 30.4 Å². The van der Waals surface area contributed by atoms with E-state index in [0.717, 1.165) is 12.0 Å². The first-order valence-electron chi connectivity index (χ1n) is 6.08. The second kappa shape index (κ2) is 4.84. The molecule has 2 unspecified atom stereocenters. The van der Waals surface area contributed by atoms with Crippen molar-refractivity contribution < 1.29 is 4.79 Å². The van der Waals surface area contributed by atoms with E-state index in [1.165, 1.54) is 11.1 Å². The number of aryl methyl sites for hydroxylation is 2. The van der Waals surface area contributed by atoms with Crippen molar-refractivity contribution in [2.75, 3.05) is 0 Å². The molecule has 0 aromatic heterocycles. The van der Waals surface area contributed by atoms with Crippen molar-refractivity contribution in [1.82, 2.24) is 0 Å². The molecule has 0 spiro atoms. The van der Waals surface area contributed by atoms with Gasteiger partial charge in [0.1, 0.15) is 5.78 Å². The molecule has 0 saturated carbocycles. The van der Waals surface area contributed by atoms with Gasteiger partial charge in [0.05, 0.1) is 0 Å². The van der Waals surface area contributed by atoms with Gasteiger partial charge in [-0.1, -0.05) is 41.5 Å². The topological polar surface area (TPSA) is 43.1 Å². The van der Waals surface area contributed by atoms with Gasteiger partial charge in [0.15, 0.2) is 0 Å². The van der Waals surface area contributed by atoms with E-state index in [0.29, 0.717) is 6.42 Å². The van der Waals surface area contributed by atoms with Gasteiger partial charge in [-0.25, -0.2) is 0 Å². The highest BCUT2D eigenvalue weighted by Crippen LogP contribution is 2.20. The lowest BCUT2D eigenvalue weighted by atomic mass is 9.95. The van der Waals surface area contributed by atoms with E-state index in [1.54, 1.807) is 0 Å². The van der Waals surface area contributed by atoms with Gasteiger partial charge < -0.3 is 5.73 Å². The van der Waals surface area contributed by atoms with Crippen molar-refractivity contribution in [3.63, 3.8) is 0 Å². The summed E-state index contributed by atoms with van der Waals surface area (Å²) in [6, 6.07) is 6.36. The second-order valence-electron chi connectivity index (χ2n) is 5.03. The number of Topliss-reactive ketones (excluding diaryl/α,β-unsaturated/α-hetero) is 1. The fourth-order valence-corrected chi connectivity index (χ4v) is 2.47. The van der Waals surface area contributed by atoms with Crippen LogP contribution in [0.5, 0.6) is 0 Å². The van der Waals surface area contributed by atoms with E-state index in [2.05, 4.69) is 32.0 Å². The normalized spacial score (nSPS) is 23.0. The Morgan fingerprint density at radius 1 is 1.24 bits per heavy atom. The minimum atomic E-state index is 0.0193. The molecule has 2 atom stereocenters. The highest BCUT2D eigenvalue weighted by Gasteiger charge is 2.22. The minimum Gasteiger partial charge on any atom is -0.324 e. The first-order chi connectivity index (χ1) is 8.04. The summed E-state index contributed by atoms with van der Waals surface area (Å²) >= 11 is 0. The molecule has 2 heteroatoms. The van der Waals surface area contributed by atoms with E-state index in [-0.39, 0.29) is 17.7 Å². The molecule has 1 aromatic rings. The monoisotopic (exact) mass is 229 g/mol. The fraction of sp³-hybridized carbons (Fsp3) is 0.400. The predicted molar refractivity (Wildman–Crippen MR) is 69.8 cm³/mol. The van der Waals surface area contributed by atoms with Gasteiger partial charge in [-0.2, -0.15) is 0 Å². The molecular formula is C15H19NO. The van der Waals surface area contributed by atoms with Crippen molar-refractivity contribution in [2.24, 2.45) is 11.7 Å². The molecule has 0 saturated heterocycles. The number of benzene rings is 1. The third-order valence-corrected chi connectivity index (χ3v) is 3.19. The average molecular weight is 229 g/mol. The minimum absolute atomic E-state index is 0.0193. The van der Waals surface area contributed by atoms with Crippen LogP contribution in [0.1, 0.15) is 23.1 Å². The summed E-state index contributed by atoms with van der Waals surface area (Å²) in [5.41, 5.74) is 9.31. The Kier molecular flexibility index (Phi) is 3.43. The molecule has 17 heavy (non-hydrogen) atoms. The van der Waals surface area contributed by atoms with Crippen molar-refractivity contribution >= 4 is 5.78 Å². The van der Waals surface area contributed by atoms with Crippen LogP contribution in [-0.4, -0.2) is 11.8 Å². The van der Waals surface area contributed by atoms with Gasteiger partial charge >= 0.3 is 0 Å². The van der Waals surface area contributed by atoms with Crippen LogP contribution in [0, 0.1) is 19.8 Å². The molecule has 0 amide bonds. The number of carbonyl (C=O) groups excluding carboxylic acids is 1. The predicted octanol–water partition coefficient (Wildman–Crippen LogP) is 2.32. The number of hydrogen-bond acceptors (Lipinski definition) is 2. The molecule has 2 nitrogen and oxygen atoms in total. The first-order valence-corrected chi connectivity index (χ1v) is 6.08. The number of carbonyl (C=O) groups is 1. The number of hydrogen-bond donors (Lipinski definition) is 1. The van der Waals surface area contributed by atoms with E-state index < -0.39 is 0 Å². The maximum Gasteiger partial charge on any atom is 0.144 e. The fourth-order valence-electron chi connectivity index (χ4n) is 2.47. The van der Waals surface area contributed by atoms with Gasteiger partial charge in [0.2, 0.25) is 0 Å². The molecule has 1 aromatic carbocycles. The number of ketones is 1. The largest absolute Gasteiger partial charge is 0.324 e. The smallest absolute Gasteiger partial charge is 0.144 e. The Hall–Kier alpha value is -1.41. The van der Waals surface area contributed by atoms with Crippen molar-refractivity contribution in [3.8, 4) is 0 Å². The summed E-state index contributed by atoms with van der Waals surface area (Å²) in [6.45, 7) is 4.12. The zero-order valence-electron chi connectivity index (χ0n) is 10.4. The zero-order chi connectivity index (χ0) is 12.4. The lowest BCUT2D eigenvalue weighted by Gasteiger charge is -2.09. The summed E-state index contributed by atoms with van der Waals surface area (Å²) in [5, 5.41) is 0. The van der Waals surface area contributed by atoms with Gasteiger partial charge in [-0.05, 0) is 25.8 Å².